The Hall–Kier alpha value is -2.81. The number of β-amino-alcohol motifs (C(OH)–C–C–N with tert-alkyl or cyclic N) is 1. The number of furan rings is 1. The first-order chi connectivity index (χ1) is 11.4. The van der Waals surface area contributed by atoms with E-state index < -0.39 is 40.5 Å². The van der Waals surface area contributed by atoms with Gasteiger partial charge in [0.2, 0.25) is 0 Å². The van der Waals surface area contributed by atoms with Crippen LogP contribution in [-0.2, 0) is 0 Å². The van der Waals surface area contributed by atoms with Crippen molar-refractivity contribution >= 4 is 11.8 Å². The third-order valence-electron chi connectivity index (χ3n) is 3.84. The quantitative estimate of drug-likeness (QED) is 0.685. The molecule has 9 heteroatoms. The largest absolute Gasteiger partial charge is 0.433 e. The number of halogens is 2. The second-order valence-corrected chi connectivity index (χ2v) is 5.42. The summed E-state index contributed by atoms with van der Waals surface area (Å²) in [5, 5.41) is 20.5. The Morgan fingerprint density at radius 3 is 2.75 bits per heavy atom. The second kappa shape index (κ2) is 6.00. The average Bonchev–Trinajstić information content (AvgIpc) is 3.16. The number of benzene rings is 1. The van der Waals surface area contributed by atoms with Gasteiger partial charge in [-0.25, -0.2) is 8.78 Å². The molecule has 24 heavy (non-hydrogen) atoms. The van der Waals surface area contributed by atoms with Crippen LogP contribution in [0.5, 0.6) is 0 Å². The molecule has 2 unspecified atom stereocenters. The van der Waals surface area contributed by atoms with Crippen molar-refractivity contribution in [3.63, 3.8) is 0 Å². The fourth-order valence-electron chi connectivity index (χ4n) is 2.79. The molecule has 2 aromatic rings. The number of carbonyl (C=O) groups excluding carboxylic acids is 1. The highest BCUT2D eigenvalue weighted by Crippen LogP contribution is 2.35. The molecule has 1 aromatic carbocycles. The van der Waals surface area contributed by atoms with E-state index in [1.165, 1.54) is 0 Å². The monoisotopic (exact) mass is 338 g/mol. The van der Waals surface area contributed by atoms with Crippen LogP contribution in [0.25, 0.3) is 0 Å². The predicted molar refractivity (Wildman–Crippen MR) is 76.1 cm³/mol. The van der Waals surface area contributed by atoms with Crippen LogP contribution >= 0.6 is 0 Å². The summed E-state index contributed by atoms with van der Waals surface area (Å²) in [4.78, 5) is 23.4. The minimum atomic E-state index is -0.924. The molecule has 126 valence electrons. The Labute approximate surface area is 134 Å². The zero-order valence-electron chi connectivity index (χ0n) is 12.2. The molecule has 1 amide bonds. The van der Waals surface area contributed by atoms with Crippen molar-refractivity contribution in [1.29, 1.82) is 0 Å². The van der Waals surface area contributed by atoms with Crippen LogP contribution in [0.2, 0.25) is 0 Å². The van der Waals surface area contributed by atoms with Gasteiger partial charge in [0.15, 0.2) is 5.76 Å². The molecule has 1 aromatic heterocycles. The molecule has 1 aliphatic heterocycles. The molecule has 0 saturated carbocycles. The van der Waals surface area contributed by atoms with E-state index in [0.717, 1.165) is 35.2 Å². The first-order valence-corrected chi connectivity index (χ1v) is 7.05. The fraction of sp³-hybridized carbons (Fsp3) is 0.267. The van der Waals surface area contributed by atoms with Crippen LogP contribution < -0.4 is 0 Å². The number of amides is 1. The molecule has 1 saturated heterocycles. The van der Waals surface area contributed by atoms with Crippen molar-refractivity contribution in [3.05, 3.63) is 63.4 Å². The molecular weight excluding hydrogens is 326 g/mol. The van der Waals surface area contributed by atoms with E-state index in [9.17, 15) is 28.8 Å². The number of carbonyl (C=O) groups is 1. The minimum absolute atomic E-state index is 0.0227. The molecule has 0 aliphatic carbocycles. The van der Waals surface area contributed by atoms with Gasteiger partial charge in [0.05, 0.1) is 18.2 Å². The SMILES string of the molecule is O=C(c1ccc([N+](=O)[O-])o1)N1CC(O)CC1c1cc(F)ccc1F. The smallest absolute Gasteiger partial charge is 0.395 e. The molecule has 0 radical (unpaired) electrons. The number of nitro groups is 1. The molecule has 2 atom stereocenters. The zero-order valence-corrected chi connectivity index (χ0v) is 12.2. The minimum Gasteiger partial charge on any atom is -0.395 e. The lowest BCUT2D eigenvalue weighted by Crippen LogP contribution is -2.32. The fourth-order valence-corrected chi connectivity index (χ4v) is 2.79. The van der Waals surface area contributed by atoms with Gasteiger partial charge in [-0.05, 0) is 30.7 Å². The van der Waals surface area contributed by atoms with Crippen LogP contribution in [0.3, 0.4) is 0 Å². The van der Waals surface area contributed by atoms with Crippen LogP contribution in [0.4, 0.5) is 14.7 Å². The van der Waals surface area contributed by atoms with Crippen molar-refractivity contribution in [3.8, 4) is 0 Å². The van der Waals surface area contributed by atoms with E-state index in [1.807, 2.05) is 0 Å². The molecule has 3 rings (SSSR count). The van der Waals surface area contributed by atoms with E-state index in [-0.39, 0.29) is 24.3 Å². The Balaban J connectivity index is 1.93. The van der Waals surface area contributed by atoms with Crippen molar-refractivity contribution < 1.29 is 28.0 Å². The van der Waals surface area contributed by atoms with Gasteiger partial charge in [-0.1, -0.05) is 0 Å². The van der Waals surface area contributed by atoms with Gasteiger partial charge in [-0.2, -0.15) is 0 Å². The summed E-state index contributed by atoms with van der Waals surface area (Å²) < 4.78 is 32.3. The van der Waals surface area contributed by atoms with Gasteiger partial charge in [-0.15, -0.1) is 0 Å². The van der Waals surface area contributed by atoms with Crippen molar-refractivity contribution in [1.82, 2.24) is 4.90 Å². The maximum atomic E-state index is 14.0. The topological polar surface area (TPSA) is 96.8 Å². The first kappa shape index (κ1) is 16.1. The van der Waals surface area contributed by atoms with E-state index in [4.69, 9.17) is 4.42 Å². The zero-order chi connectivity index (χ0) is 17.4. The average molecular weight is 338 g/mol. The number of hydrogen-bond donors (Lipinski definition) is 1. The predicted octanol–water partition coefficient (Wildman–Crippen LogP) is 2.41. The summed E-state index contributed by atoms with van der Waals surface area (Å²) >= 11 is 0. The lowest BCUT2D eigenvalue weighted by Gasteiger charge is -2.24. The second-order valence-electron chi connectivity index (χ2n) is 5.42. The van der Waals surface area contributed by atoms with Gasteiger partial charge < -0.3 is 14.4 Å². The van der Waals surface area contributed by atoms with Crippen LogP contribution in [-0.4, -0.2) is 33.5 Å². The third kappa shape index (κ3) is 2.85. The number of rotatable bonds is 3. The van der Waals surface area contributed by atoms with E-state index in [1.54, 1.807) is 0 Å². The van der Waals surface area contributed by atoms with Gasteiger partial charge in [0.25, 0.3) is 5.91 Å². The summed E-state index contributed by atoms with van der Waals surface area (Å²) in [5.41, 5.74) is -0.0686. The molecule has 7 nitrogen and oxygen atoms in total. The lowest BCUT2D eigenvalue weighted by atomic mass is 10.0. The van der Waals surface area contributed by atoms with Gasteiger partial charge >= 0.3 is 5.88 Å². The van der Waals surface area contributed by atoms with Gasteiger partial charge in [-0.3, -0.25) is 14.9 Å². The highest BCUT2D eigenvalue weighted by atomic mass is 19.1. The number of aliphatic hydroxyl groups excluding tert-OH is 1. The molecule has 1 N–H and O–H groups in total. The molecule has 0 bridgehead atoms. The van der Waals surface area contributed by atoms with Gasteiger partial charge in [0.1, 0.15) is 16.6 Å². The highest BCUT2D eigenvalue weighted by molar-refractivity contribution is 5.92. The third-order valence-corrected chi connectivity index (χ3v) is 3.84. The van der Waals surface area contributed by atoms with Gasteiger partial charge in [0, 0.05) is 12.1 Å². The summed E-state index contributed by atoms with van der Waals surface area (Å²) in [6.07, 6.45) is -0.902. The summed E-state index contributed by atoms with van der Waals surface area (Å²) in [6.45, 7) is -0.117. The standard InChI is InChI=1S/C15H12F2N2O5/c16-8-1-2-11(17)10(5-8)12-6-9(20)7-18(12)15(21)13-3-4-14(24-13)19(22)23/h1-5,9,12,20H,6-7H2. The van der Waals surface area contributed by atoms with Crippen LogP contribution in [0.1, 0.15) is 28.6 Å². The van der Waals surface area contributed by atoms with E-state index in [2.05, 4.69) is 0 Å². The molecule has 1 aliphatic rings. The Morgan fingerprint density at radius 1 is 1.33 bits per heavy atom. The normalized spacial score (nSPS) is 20.4. The Morgan fingerprint density at radius 2 is 2.08 bits per heavy atom. The Kier molecular flexibility index (Phi) is 4.02. The maximum absolute atomic E-state index is 14.0. The van der Waals surface area contributed by atoms with Crippen molar-refractivity contribution in [2.75, 3.05) is 6.54 Å². The highest BCUT2D eigenvalue weighted by Gasteiger charge is 2.38. The number of likely N-dealkylation sites (tertiary alicyclic amines) is 1. The molecule has 2 heterocycles. The number of aliphatic hydroxyl groups is 1. The molecular formula is C15H12F2N2O5. The van der Waals surface area contributed by atoms with Crippen molar-refractivity contribution in [2.45, 2.75) is 18.6 Å². The summed E-state index contributed by atoms with van der Waals surface area (Å²) in [6, 6.07) is 4.11. The summed E-state index contributed by atoms with van der Waals surface area (Å²) in [7, 11) is 0. The maximum Gasteiger partial charge on any atom is 0.433 e. The number of nitrogens with zero attached hydrogens (tertiary/aromatic N) is 2. The Bertz CT molecular complexity index is 807. The van der Waals surface area contributed by atoms with Crippen LogP contribution in [0, 0.1) is 21.7 Å². The molecule has 1 fully saturated rings. The van der Waals surface area contributed by atoms with E-state index in [0.29, 0.717) is 0 Å². The first-order valence-electron chi connectivity index (χ1n) is 7.05. The molecule has 0 spiro atoms. The lowest BCUT2D eigenvalue weighted by molar-refractivity contribution is -0.402. The van der Waals surface area contributed by atoms with Crippen LogP contribution in [0.15, 0.2) is 34.7 Å². The summed E-state index contributed by atoms with van der Waals surface area (Å²) in [5.74, 6) is -3.04. The number of hydrogen-bond acceptors (Lipinski definition) is 5. The van der Waals surface area contributed by atoms with E-state index >= 15 is 0 Å². The van der Waals surface area contributed by atoms with Crippen molar-refractivity contribution in [2.24, 2.45) is 0 Å².